The lowest BCUT2D eigenvalue weighted by Gasteiger charge is -2.11. The topological polar surface area (TPSA) is 41.5 Å². The lowest BCUT2D eigenvalue weighted by molar-refractivity contribution is 0.0950. The van der Waals surface area contributed by atoms with E-state index in [1.165, 1.54) is 31.4 Å². The van der Waals surface area contributed by atoms with Crippen LogP contribution in [0, 0.1) is 17.7 Å². The highest BCUT2D eigenvalue weighted by atomic mass is 19.1. The number of nitrogens with one attached hydrogen (secondary N) is 1. The molecular weight excluding hydrogens is 231 g/mol. The molecule has 1 N–H and O–H groups in total. The molecule has 0 aromatic heterocycles. The molecule has 0 aliphatic heterocycles. The van der Waals surface area contributed by atoms with Gasteiger partial charge in [-0.15, -0.1) is 0 Å². The van der Waals surface area contributed by atoms with Crippen LogP contribution in [0.3, 0.4) is 0 Å². The molecule has 0 heterocycles. The van der Waals surface area contributed by atoms with Crippen LogP contribution in [0.4, 0.5) is 4.39 Å². The molecule has 0 spiro atoms. The summed E-state index contributed by atoms with van der Waals surface area (Å²) in [6.07, 6.45) is 4.65. The number of carbonyl (C=O) groups excluding carboxylic acids is 1. The van der Waals surface area contributed by atoms with Gasteiger partial charge >= 0.3 is 0 Å². The summed E-state index contributed by atoms with van der Waals surface area (Å²) in [5.41, 5.74) is 3.60. The maximum absolute atomic E-state index is 13.4. The fourth-order valence-corrected chi connectivity index (χ4v) is 2.99. The first-order valence-corrected chi connectivity index (χ1v) is 6.35. The summed E-state index contributed by atoms with van der Waals surface area (Å²) in [7, 11) is 0. The van der Waals surface area contributed by atoms with Crippen LogP contribution >= 0.6 is 0 Å². The summed E-state index contributed by atoms with van der Waals surface area (Å²) in [5.74, 6) is 0.307. The molecule has 1 aromatic carbocycles. The Kier molecular flexibility index (Phi) is 2.86. The predicted molar refractivity (Wildman–Crippen MR) is 66.7 cm³/mol. The number of nitrogens with zero attached hydrogens (tertiary/aromatic N) is 1. The van der Waals surface area contributed by atoms with Crippen LogP contribution < -0.4 is 5.43 Å². The Balaban J connectivity index is 1.69. The van der Waals surface area contributed by atoms with Crippen molar-refractivity contribution in [3.8, 4) is 0 Å². The number of hydrazone groups is 1. The average molecular weight is 246 g/mol. The average Bonchev–Trinajstić information content (AvgIpc) is 2.98. The number of amides is 1. The molecule has 2 unspecified atom stereocenters. The number of rotatable bonds is 2. The van der Waals surface area contributed by atoms with Gasteiger partial charge in [0.05, 0.1) is 5.56 Å². The third-order valence-electron chi connectivity index (χ3n) is 3.93. The van der Waals surface area contributed by atoms with Gasteiger partial charge in [0.15, 0.2) is 0 Å². The number of carbonyl (C=O) groups is 1. The van der Waals surface area contributed by atoms with Crippen LogP contribution in [0.5, 0.6) is 0 Å². The summed E-state index contributed by atoms with van der Waals surface area (Å²) < 4.78 is 13.4. The van der Waals surface area contributed by atoms with Crippen molar-refractivity contribution in [2.24, 2.45) is 16.9 Å². The van der Waals surface area contributed by atoms with Crippen LogP contribution in [0.25, 0.3) is 0 Å². The molecular formula is C14H15FN2O. The summed E-state index contributed by atoms with van der Waals surface area (Å²) in [4.78, 5) is 11.8. The van der Waals surface area contributed by atoms with Crippen molar-refractivity contribution in [1.82, 2.24) is 5.43 Å². The van der Waals surface area contributed by atoms with Crippen molar-refractivity contribution in [2.45, 2.75) is 25.7 Å². The van der Waals surface area contributed by atoms with E-state index in [-0.39, 0.29) is 5.56 Å². The minimum atomic E-state index is -0.511. The molecule has 94 valence electrons. The summed E-state index contributed by atoms with van der Waals surface area (Å²) in [6.45, 7) is 0. The first-order valence-electron chi connectivity index (χ1n) is 6.35. The normalized spacial score (nSPS) is 27.7. The highest BCUT2D eigenvalue weighted by Gasteiger charge is 2.36. The minimum Gasteiger partial charge on any atom is -0.267 e. The predicted octanol–water partition coefficient (Wildman–Crippen LogP) is 2.73. The Morgan fingerprint density at radius 3 is 2.83 bits per heavy atom. The van der Waals surface area contributed by atoms with Crippen molar-refractivity contribution in [1.29, 1.82) is 0 Å². The number of hydrogen-bond acceptors (Lipinski definition) is 2. The van der Waals surface area contributed by atoms with E-state index in [1.54, 1.807) is 12.1 Å². The zero-order chi connectivity index (χ0) is 12.5. The standard InChI is InChI=1S/C14H15FN2O/c15-12-4-2-1-3-11(12)14(18)17-16-13-8-9-5-6-10(13)7-9/h1-4,9-10H,5-8H2,(H,17,18)/b16-13-. The Bertz CT molecular complexity index is 512. The Labute approximate surface area is 105 Å². The van der Waals surface area contributed by atoms with Gasteiger partial charge in [-0.25, -0.2) is 9.82 Å². The van der Waals surface area contributed by atoms with Gasteiger partial charge in [-0.3, -0.25) is 4.79 Å². The lowest BCUT2D eigenvalue weighted by atomic mass is 9.99. The molecule has 3 rings (SSSR count). The third kappa shape index (κ3) is 2.03. The zero-order valence-corrected chi connectivity index (χ0v) is 10.0. The third-order valence-corrected chi connectivity index (χ3v) is 3.93. The quantitative estimate of drug-likeness (QED) is 0.801. The fraction of sp³-hybridized carbons (Fsp3) is 0.429. The Morgan fingerprint density at radius 1 is 1.33 bits per heavy atom. The van der Waals surface area contributed by atoms with Crippen LogP contribution in [-0.4, -0.2) is 11.6 Å². The fourth-order valence-electron chi connectivity index (χ4n) is 2.99. The Hall–Kier alpha value is -1.71. The van der Waals surface area contributed by atoms with Crippen LogP contribution in [0.2, 0.25) is 0 Å². The van der Waals surface area contributed by atoms with Gasteiger partial charge in [-0.1, -0.05) is 12.1 Å². The van der Waals surface area contributed by atoms with Crippen molar-refractivity contribution in [2.75, 3.05) is 0 Å². The number of benzene rings is 1. The molecule has 2 aliphatic carbocycles. The molecule has 2 fully saturated rings. The van der Waals surface area contributed by atoms with Crippen LogP contribution in [-0.2, 0) is 0 Å². The highest BCUT2D eigenvalue weighted by Crippen LogP contribution is 2.42. The first kappa shape index (κ1) is 11.4. The molecule has 3 nitrogen and oxygen atoms in total. The first-order chi connectivity index (χ1) is 8.74. The molecule has 2 saturated carbocycles. The number of fused-ring (bicyclic) bond motifs is 2. The van der Waals surface area contributed by atoms with Crippen LogP contribution in [0.1, 0.15) is 36.0 Å². The van der Waals surface area contributed by atoms with E-state index in [1.807, 2.05) is 0 Å². The van der Waals surface area contributed by atoms with Crippen molar-refractivity contribution < 1.29 is 9.18 Å². The maximum Gasteiger partial charge on any atom is 0.274 e. The molecule has 2 atom stereocenters. The summed E-state index contributed by atoms with van der Waals surface area (Å²) in [6, 6.07) is 5.95. The van der Waals surface area contributed by atoms with Crippen molar-refractivity contribution >= 4 is 11.6 Å². The van der Waals surface area contributed by atoms with Gasteiger partial charge in [0.2, 0.25) is 0 Å². The van der Waals surface area contributed by atoms with E-state index in [0.29, 0.717) is 5.92 Å². The molecule has 2 bridgehead atoms. The van der Waals surface area contributed by atoms with Gasteiger partial charge in [0.25, 0.3) is 5.91 Å². The molecule has 0 saturated heterocycles. The molecule has 0 radical (unpaired) electrons. The van der Waals surface area contributed by atoms with E-state index < -0.39 is 11.7 Å². The smallest absolute Gasteiger partial charge is 0.267 e. The van der Waals surface area contributed by atoms with Gasteiger partial charge < -0.3 is 0 Å². The highest BCUT2D eigenvalue weighted by molar-refractivity contribution is 5.96. The molecule has 1 aromatic rings. The van der Waals surface area contributed by atoms with Crippen molar-refractivity contribution in [3.05, 3.63) is 35.6 Å². The number of halogens is 1. The minimum absolute atomic E-state index is 0.0463. The van der Waals surface area contributed by atoms with E-state index >= 15 is 0 Å². The van der Waals surface area contributed by atoms with E-state index in [0.717, 1.165) is 18.1 Å². The second-order valence-corrected chi connectivity index (χ2v) is 5.10. The zero-order valence-electron chi connectivity index (χ0n) is 10.0. The molecule has 18 heavy (non-hydrogen) atoms. The van der Waals surface area contributed by atoms with Gasteiger partial charge in [-0.05, 0) is 49.7 Å². The molecule has 2 aliphatic rings. The summed E-state index contributed by atoms with van der Waals surface area (Å²) >= 11 is 0. The van der Waals surface area contributed by atoms with Gasteiger partial charge in [-0.2, -0.15) is 5.10 Å². The summed E-state index contributed by atoms with van der Waals surface area (Å²) in [5, 5.41) is 4.17. The second-order valence-electron chi connectivity index (χ2n) is 5.10. The molecule has 1 amide bonds. The van der Waals surface area contributed by atoms with E-state index in [2.05, 4.69) is 10.5 Å². The number of hydrogen-bond donors (Lipinski definition) is 1. The monoisotopic (exact) mass is 246 g/mol. The van der Waals surface area contributed by atoms with Crippen LogP contribution in [0.15, 0.2) is 29.4 Å². The second kappa shape index (κ2) is 4.52. The molecule has 4 heteroatoms. The lowest BCUT2D eigenvalue weighted by Crippen LogP contribution is -2.22. The van der Waals surface area contributed by atoms with Gasteiger partial charge in [0.1, 0.15) is 5.82 Å². The maximum atomic E-state index is 13.4. The SMILES string of the molecule is O=C(N/N=C1/CC2CCC1C2)c1ccccc1F. The largest absolute Gasteiger partial charge is 0.274 e. The Morgan fingerprint density at radius 2 is 2.17 bits per heavy atom. The van der Waals surface area contributed by atoms with Gasteiger partial charge in [0, 0.05) is 5.71 Å². The van der Waals surface area contributed by atoms with Crippen molar-refractivity contribution in [3.63, 3.8) is 0 Å². The van der Waals surface area contributed by atoms with E-state index in [4.69, 9.17) is 0 Å². The van der Waals surface area contributed by atoms with E-state index in [9.17, 15) is 9.18 Å².